The van der Waals surface area contributed by atoms with Gasteiger partial charge in [0.05, 0.1) is 0 Å². The highest BCUT2D eigenvalue weighted by Crippen LogP contribution is 2.20. The lowest BCUT2D eigenvalue weighted by Gasteiger charge is -2.31. The summed E-state index contributed by atoms with van der Waals surface area (Å²) in [5.41, 5.74) is 0. The molecule has 0 bridgehead atoms. The molecule has 1 heterocycles. The van der Waals surface area contributed by atoms with Gasteiger partial charge in [-0.2, -0.15) is 0 Å². The van der Waals surface area contributed by atoms with Crippen molar-refractivity contribution in [3.8, 4) is 0 Å². The minimum absolute atomic E-state index is 1.03. The third-order valence-electron chi connectivity index (χ3n) is 3.86. The van der Waals surface area contributed by atoms with Gasteiger partial charge in [-0.05, 0) is 44.8 Å². The van der Waals surface area contributed by atoms with Crippen LogP contribution in [0, 0.1) is 5.92 Å². The minimum Gasteiger partial charge on any atom is -0.303 e. The summed E-state index contributed by atoms with van der Waals surface area (Å²) in [6, 6.07) is 0. The fraction of sp³-hybridized carbons (Fsp3) is 1.00. The number of hydrogen-bond acceptors (Lipinski definition) is 1. The van der Waals surface area contributed by atoms with E-state index in [0.29, 0.717) is 0 Å². The summed E-state index contributed by atoms with van der Waals surface area (Å²) < 4.78 is 0. The Labute approximate surface area is 124 Å². The van der Waals surface area contributed by atoms with Crippen molar-refractivity contribution in [1.29, 1.82) is 0 Å². The van der Waals surface area contributed by atoms with Crippen LogP contribution in [0.4, 0.5) is 0 Å². The van der Waals surface area contributed by atoms with Crippen molar-refractivity contribution < 1.29 is 0 Å². The zero-order chi connectivity index (χ0) is 14.9. The van der Waals surface area contributed by atoms with Gasteiger partial charge in [0.15, 0.2) is 0 Å². The Balaban J connectivity index is 0. The van der Waals surface area contributed by atoms with Crippen LogP contribution in [0.5, 0.6) is 0 Å². The highest BCUT2D eigenvalue weighted by Gasteiger charge is 2.16. The molecule has 0 amide bonds. The molecule has 1 rings (SSSR count). The summed E-state index contributed by atoms with van der Waals surface area (Å²) >= 11 is 0. The average molecular weight is 272 g/mol. The van der Waals surface area contributed by atoms with Crippen molar-refractivity contribution >= 4 is 0 Å². The first-order valence-electron chi connectivity index (χ1n) is 9.09. The Kier molecular flexibility index (Phi) is 20.1. The molecule has 0 saturated carbocycles. The standard InChI is InChI=1S/C14H29N.2C2H6/c1-3-5-6-7-8-11-15-12-9-14(4-2)10-13-15;2*1-2/h14H,3-13H2,1-2H3;2*1-2H3. The van der Waals surface area contributed by atoms with Gasteiger partial charge in [-0.25, -0.2) is 0 Å². The second kappa shape index (κ2) is 18.0. The normalized spacial score (nSPS) is 16.1. The maximum atomic E-state index is 2.68. The highest BCUT2D eigenvalue weighted by atomic mass is 15.1. The zero-order valence-electron chi connectivity index (χ0n) is 14.8. The van der Waals surface area contributed by atoms with Crippen molar-refractivity contribution in [3.63, 3.8) is 0 Å². The van der Waals surface area contributed by atoms with E-state index >= 15 is 0 Å². The summed E-state index contributed by atoms with van der Waals surface area (Å²) in [5, 5.41) is 0. The quantitative estimate of drug-likeness (QED) is 0.503. The molecule has 1 aliphatic rings. The lowest BCUT2D eigenvalue weighted by molar-refractivity contribution is 0.179. The van der Waals surface area contributed by atoms with Gasteiger partial charge in [0.25, 0.3) is 0 Å². The molecule has 1 nitrogen and oxygen atoms in total. The van der Waals surface area contributed by atoms with E-state index in [0.717, 1.165) is 5.92 Å². The van der Waals surface area contributed by atoms with Crippen molar-refractivity contribution in [2.24, 2.45) is 5.92 Å². The zero-order valence-corrected chi connectivity index (χ0v) is 14.8. The van der Waals surface area contributed by atoms with E-state index in [2.05, 4.69) is 18.7 Å². The first-order chi connectivity index (χ1) is 9.36. The van der Waals surface area contributed by atoms with E-state index < -0.39 is 0 Å². The largest absolute Gasteiger partial charge is 0.303 e. The van der Waals surface area contributed by atoms with E-state index in [9.17, 15) is 0 Å². The smallest absolute Gasteiger partial charge is 0.00161 e. The monoisotopic (exact) mass is 271 g/mol. The predicted molar refractivity (Wildman–Crippen MR) is 90.9 cm³/mol. The maximum absolute atomic E-state index is 2.68. The minimum atomic E-state index is 1.03. The summed E-state index contributed by atoms with van der Waals surface area (Å²) in [7, 11) is 0. The van der Waals surface area contributed by atoms with Crippen molar-refractivity contribution in [3.05, 3.63) is 0 Å². The van der Waals surface area contributed by atoms with Crippen molar-refractivity contribution in [1.82, 2.24) is 4.90 Å². The van der Waals surface area contributed by atoms with Gasteiger partial charge in [-0.15, -0.1) is 0 Å². The Hall–Kier alpha value is -0.0400. The Morgan fingerprint density at radius 1 is 0.789 bits per heavy atom. The van der Waals surface area contributed by atoms with Crippen LogP contribution in [-0.4, -0.2) is 24.5 Å². The molecule has 0 radical (unpaired) electrons. The second-order valence-corrected chi connectivity index (χ2v) is 5.11. The molecule has 0 aromatic carbocycles. The molecule has 0 unspecified atom stereocenters. The number of unbranched alkanes of at least 4 members (excludes halogenated alkanes) is 4. The average Bonchev–Trinajstić information content (AvgIpc) is 2.52. The molecule has 0 aromatic heterocycles. The van der Waals surface area contributed by atoms with Crippen LogP contribution in [-0.2, 0) is 0 Å². The molecule has 19 heavy (non-hydrogen) atoms. The lowest BCUT2D eigenvalue weighted by atomic mass is 9.94. The van der Waals surface area contributed by atoms with Crippen LogP contribution in [0.3, 0.4) is 0 Å². The van der Waals surface area contributed by atoms with Gasteiger partial charge < -0.3 is 4.90 Å². The van der Waals surface area contributed by atoms with Crippen LogP contribution >= 0.6 is 0 Å². The predicted octanol–water partition coefficient (Wildman–Crippen LogP) is 6.13. The fourth-order valence-corrected chi connectivity index (χ4v) is 2.56. The summed E-state index contributed by atoms with van der Waals surface area (Å²) in [5.74, 6) is 1.03. The Bertz CT molecular complexity index is 137. The van der Waals surface area contributed by atoms with Crippen LogP contribution in [0.2, 0.25) is 0 Å². The topological polar surface area (TPSA) is 3.24 Å². The van der Waals surface area contributed by atoms with Gasteiger partial charge >= 0.3 is 0 Å². The molecule has 0 spiro atoms. The van der Waals surface area contributed by atoms with Crippen LogP contribution in [0.1, 0.15) is 92.9 Å². The molecular formula is C18H41N. The Morgan fingerprint density at radius 2 is 1.32 bits per heavy atom. The molecule has 0 atom stereocenters. The lowest BCUT2D eigenvalue weighted by Crippen LogP contribution is -2.34. The maximum Gasteiger partial charge on any atom is -0.00161 e. The second-order valence-electron chi connectivity index (χ2n) is 5.11. The van der Waals surface area contributed by atoms with Crippen LogP contribution < -0.4 is 0 Å². The van der Waals surface area contributed by atoms with Gasteiger partial charge in [-0.1, -0.05) is 73.6 Å². The van der Waals surface area contributed by atoms with E-state index in [-0.39, 0.29) is 0 Å². The number of piperidine rings is 1. The van der Waals surface area contributed by atoms with Crippen molar-refractivity contribution in [2.45, 2.75) is 92.9 Å². The van der Waals surface area contributed by atoms with Gasteiger partial charge in [-0.3, -0.25) is 0 Å². The third-order valence-corrected chi connectivity index (χ3v) is 3.86. The van der Waals surface area contributed by atoms with Gasteiger partial charge in [0, 0.05) is 0 Å². The Morgan fingerprint density at radius 3 is 1.79 bits per heavy atom. The summed E-state index contributed by atoms with van der Waals surface area (Å²) in [6.45, 7) is 16.7. The molecule has 118 valence electrons. The van der Waals surface area contributed by atoms with Gasteiger partial charge in [0.2, 0.25) is 0 Å². The highest BCUT2D eigenvalue weighted by molar-refractivity contribution is 4.71. The molecular weight excluding hydrogens is 230 g/mol. The molecule has 0 aliphatic carbocycles. The van der Waals surface area contributed by atoms with Gasteiger partial charge in [0.1, 0.15) is 0 Å². The third kappa shape index (κ3) is 12.7. The summed E-state index contributed by atoms with van der Waals surface area (Å²) in [6.07, 6.45) is 11.4. The first-order valence-corrected chi connectivity index (χ1v) is 9.09. The molecule has 0 N–H and O–H groups in total. The molecule has 0 aromatic rings. The van der Waals surface area contributed by atoms with Crippen LogP contribution in [0.25, 0.3) is 0 Å². The number of nitrogens with zero attached hydrogens (tertiary/aromatic N) is 1. The fourth-order valence-electron chi connectivity index (χ4n) is 2.56. The number of likely N-dealkylation sites (tertiary alicyclic amines) is 1. The summed E-state index contributed by atoms with van der Waals surface area (Å²) in [4.78, 5) is 2.68. The number of rotatable bonds is 7. The van der Waals surface area contributed by atoms with E-state index in [1.54, 1.807) is 0 Å². The first kappa shape index (κ1) is 21.3. The molecule has 1 aliphatic heterocycles. The van der Waals surface area contributed by atoms with E-state index in [1.807, 2.05) is 27.7 Å². The van der Waals surface area contributed by atoms with Crippen LogP contribution in [0.15, 0.2) is 0 Å². The molecule has 1 saturated heterocycles. The molecule has 1 fully saturated rings. The van der Waals surface area contributed by atoms with E-state index in [1.165, 1.54) is 71.0 Å². The SMILES string of the molecule is CC.CC.CCCCCCCN1CCC(CC)CC1. The molecule has 1 heteroatoms. The number of hydrogen-bond donors (Lipinski definition) is 0. The van der Waals surface area contributed by atoms with Crippen molar-refractivity contribution in [2.75, 3.05) is 19.6 Å². The van der Waals surface area contributed by atoms with E-state index in [4.69, 9.17) is 0 Å².